The number of hydrogen-bond acceptors (Lipinski definition) is 9. The molecule has 1 aromatic rings. The van der Waals surface area contributed by atoms with Gasteiger partial charge in [-0.15, -0.1) is 0 Å². The van der Waals surface area contributed by atoms with E-state index < -0.39 is 35.4 Å². The van der Waals surface area contributed by atoms with Crippen LogP contribution in [0.3, 0.4) is 0 Å². The summed E-state index contributed by atoms with van der Waals surface area (Å²) in [5.74, 6) is -1.55. The molecule has 0 aromatic carbocycles. The van der Waals surface area contributed by atoms with Crippen molar-refractivity contribution in [1.82, 2.24) is 14.9 Å². The quantitative estimate of drug-likeness (QED) is 0.265. The fourth-order valence-electron chi connectivity index (χ4n) is 4.08. The van der Waals surface area contributed by atoms with Crippen LogP contribution in [-0.2, 0) is 20.7 Å². The number of ether oxygens (including phenoxy) is 2. The topological polar surface area (TPSA) is 126 Å². The molecule has 0 bridgehead atoms. The van der Waals surface area contributed by atoms with Gasteiger partial charge in [0.05, 0.1) is 18.5 Å². The Bertz CT molecular complexity index is 1030. The molecule has 1 aliphatic carbocycles. The first-order valence-electron chi connectivity index (χ1n) is 11.1. The van der Waals surface area contributed by atoms with Crippen molar-refractivity contribution in [2.75, 3.05) is 31.1 Å². The van der Waals surface area contributed by atoms with Gasteiger partial charge < -0.3 is 19.3 Å². The Morgan fingerprint density at radius 3 is 2.71 bits per heavy atom. The summed E-state index contributed by atoms with van der Waals surface area (Å²) in [5.41, 5.74) is 0.0470. The predicted octanol–water partition coefficient (Wildman–Crippen LogP) is 2.94. The number of carbonyl (C=O) groups is 3. The summed E-state index contributed by atoms with van der Waals surface area (Å²) < 4.78 is 10.6. The van der Waals surface area contributed by atoms with Gasteiger partial charge in [-0.25, -0.2) is 14.8 Å². The number of nitrogens with zero attached hydrogens (tertiary/aromatic N) is 5. The number of anilines is 1. The lowest BCUT2D eigenvalue weighted by atomic mass is 9.85. The summed E-state index contributed by atoms with van der Waals surface area (Å²) in [6, 6.07) is 1.69. The highest BCUT2D eigenvalue weighted by molar-refractivity contribution is 6.28. The van der Waals surface area contributed by atoms with Crippen molar-refractivity contribution < 1.29 is 23.9 Å². The number of fused-ring (bicyclic) bond motifs is 1. The molecule has 1 aromatic heterocycles. The second-order valence-corrected chi connectivity index (χ2v) is 9.49. The van der Waals surface area contributed by atoms with Crippen molar-refractivity contribution in [3.05, 3.63) is 29.2 Å². The normalized spacial score (nSPS) is 20.3. The number of amides is 1. The van der Waals surface area contributed by atoms with Crippen LogP contribution in [0, 0.1) is 17.2 Å². The van der Waals surface area contributed by atoms with E-state index in [1.165, 1.54) is 6.08 Å². The Balaban J connectivity index is 1.86. The average Bonchev–Trinajstić information content (AvgIpc) is 2.76. The van der Waals surface area contributed by atoms with Gasteiger partial charge in [0.2, 0.25) is 5.28 Å². The molecular formula is C23H28ClN5O5. The third-order valence-electron chi connectivity index (χ3n) is 5.56. The average molecular weight is 490 g/mol. The molecule has 0 spiro atoms. The molecule has 2 atom stereocenters. The number of nitriles is 1. The van der Waals surface area contributed by atoms with Crippen LogP contribution in [0.1, 0.15) is 49.7 Å². The van der Waals surface area contributed by atoms with Gasteiger partial charge in [-0.05, 0) is 45.2 Å². The molecule has 0 N–H and O–H groups in total. The molecule has 2 unspecified atom stereocenters. The number of esters is 1. The molecular weight excluding hydrogens is 462 g/mol. The number of Topliss-reactive ketones (excluding diaryl/α,β-unsaturated/α-hetero) is 1. The van der Waals surface area contributed by atoms with Crippen LogP contribution in [0.5, 0.6) is 0 Å². The summed E-state index contributed by atoms with van der Waals surface area (Å²) in [6.07, 6.45) is 1.71. The molecule has 34 heavy (non-hydrogen) atoms. The van der Waals surface area contributed by atoms with Crippen molar-refractivity contribution in [1.29, 1.82) is 5.26 Å². The zero-order chi connectivity index (χ0) is 25.0. The number of ketones is 1. The zero-order valence-corrected chi connectivity index (χ0v) is 20.3. The van der Waals surface area contributed by atoms with Gasteiger partial charge in [0.25, 0.3) is 0 Å². The maximum atomic E-state index is 13.0. The van der Waals surface area contributed by atoms with Crippen LogP contribution < -0.4 is 4.90 Å². The summed E-state index contributed by atoms with van der Waals surface area (Å²) in [6.45, 7) is 9.90. The minimum Gasteiger partial charge on any atom is -0.461 e. The second kappa shape index (κ2) is 10.4. The third-order valence-corrected chi connectivity index (χ3v) is 5.73. The van der Waals surface area contributed by atoms with Gasteiger partial charge in [-0.3, -0.25) is 9.59 Å². The van der Waals surface area contributed by atoms with Gasteiger partial charge in [0.1, 0.15) is 29.6 Å². The Labute approximate surface area is 203 Å². The van der Waals surface area contributed by atoms with E-state index in [-0.39, 0.29) is 30.4 Å². The van der Waals surface area contributed by atoms with E-state index in [1.807, 2.05) is 4.90 Å². The summed E-state index contributed by atoms with van der Waals surface area (Å²) in [7, 11) is 0. The molecule has 11 heteroatoms. The van der Waals surface area contributed by atoms with E-state index in [0.29, 0.717) is 37.4 Å². The van der Waals surface area contributed by atoms with Gasteiger partial charge in [0, 0.05) is 25.2 Å². The Morgan fingerprint density at radius 2 is 2.06 bits per heavy atom. The van der Waals surface area contributed by atoms with E-state index in [4.69, 9.17) is 21.1 Å². The monoisotopic (exact) mass is 489 g/mol. The van der Waals surface area contributed by atoms with Crippen molar-refractivity contribution in [3.8, 4) is 6.07 Å². The number of hydrogen-bond donors (Lipinski definition) is 0. The van der Waals surface area contributed by atoms with Gasteiger partial charge in [-0.1, -0.05) is 12.7 Å². The molecule has 0 saturated carbocycles. The minimum atomic E-state index is -0.957. The lowest BCUT2D eigenvalue weighted by Crippen LogP contribution is -2.56. The maximum Gasteiger partial charge on any atom is 0.410 e. The zero-order valence-electron chi connectivity index (χ0n) is 19.5. The molecule has 10 nitrogen and oxygen atoms in total. The highest BCUT2D eigenvalue weighted by atomic mass is 35.5. The SMILES string of the molecule is C=CCOC(=O)C1CCc2c(nc(Cl)nc2N2CCN(C(=O)OC(C)(C)C)C(CC#N)C2)C1=O. The molecule has 0 radical (unpaired) electrons. The van der Waals surface area contributed by atoms with Crippen molar-refractivity contribution >= 4 is 35.3 Å². The summed E-state index contributed by atoms with van der Waals surface area (Å²) in [4.78, 5) is 50.0. The molecule has 1 amide bonds. The van der Waals surface area contributed by atoms with E-state index in [9.17, 15) is 19.6 Å². The largest absolute Gasteiger partial charge is 0.461 e. The fourth-order valence-corrected chi connectivity index (χ4v) is 4.25. The third kappa shape index (κ3) is 5.65. The number of carbonyl (C=O) groups excluding carboxylic acids is 3. The van der Waals surface area contributed by atoms with Crippen LogP contribution in [0.25, 0.3) is 0 Å². The van der Waals surface area contributed by atoms with Crippen molar-refractivity contribution in [2.24, 2.45) is 5.92 Å². The molecule has 3 rings (SSSR count). The maximum absolute atomic E-state index is 13.0. The molecule has 182 valence electrons. The predicted molar refractivity (Wildman–Crippen MR) is 124 cm³/mol. The standard InChI is InChI=1S/C23H28ClN5O5/c1-5-12-33-20(31)16-7-6-15-17(18(16)30)26-21(24)27-19(15)28-10-11-29(14(13-28)8-9-25)22(32)34-23(2,3)4/h5,14,16H,1,6-8,10-13H2,2-4H3. The lowest BCUT2D eigenvalue weighted by Gasteiger charge is -2.42. The second-order valence-electron chi connectivity index (χ2n) is 9.15. The van der Waals surface area contributed by atoms with Crippen molar-refractivity contribution in [3.63, 3.8) is 0 Å². The Kier molecular flexibility index (Phi) is 7.77. The highest BCUT2D eigenvalue weighted by Crippen LogP contribution is 2.33. The van der Waals surface area contributed by atoms with Crippen LogP contribution in [-0.4, -0.2) is 70.6 Å². The van der Waals surface area contributed by atoms with E-state index >= 15 is 0 Å². The smallest absolute Gasteiger partial charge is 0.410 e. The Morgan fingerprint density at radius 1 is 1.32 bits per heavy atom. The molecule has 1 saturated heterocycles. The van der Waals surface area contributed by atoms with Gasteiger partial charge in [-0.2, -0.15) is 5.26 Å². The summed E-state index contributed by atoms with van der Waals surface area (Å²) in [5, 5.41) is 9.22. The number of aromatic nitrogens is 2. The van der Waals surface area contributed by atoms with E-state index in [2.05, 4.69) is 22.6 Å². The van der Waals surface area contributed by atoms with E-state index in [1.54, 1.807) is 25.7 Å². The fraction of sp³-hybridized carbons (Fsp3) is 0.565. The first-order chi connectivity index (χ1) is 16.1. The van der Waals surface area contributed by atoms with Crippen LogP contribution in [0.4, 0.5) is 10.6 Å². The van der Waals surface area contributed by atoms with E-state index in [0.717, 1.165) is 0 Å². The van der Waals surface area contributed by atoms with Crippen LogP contribution in [0.2, 0.25) is 5.28 Å². The lowest BCUT2D eigenvalue weighted by molar-refractivity contribution is -0.145. The molecule has 2 heterocycles. The summed E-state index contributed by atoms with van der Waals surface area (Å²) >= 11 is 6.16. The number of piperazine rings is 1. The highest BCUT2D eigenvalue weighted by Gasteiger charge is 2.39. The molecule has 1 fully saturated rings. The van der Waals surface area contributed by atoms with Gasteiger partial charge in [0.15, 0.2) is 5.78 Å². The molecule has 2 aliphatic rings. The minimum absolute atomic E-state index is 0.0213. The molecule has 1 aliphatic heterocycles. The van der Waals surface area contributed by atoms with Crippen LogP contribution >= 0.6 is 11.6 Å². The van der Waals surface area contributed by atoms with Gasteiger partial charge >= 0.3 is 12.1 Å². The Hall–Kier alpha value is -3.19. The number of halogens is 1. The van der Waals surface area contributed by atoms with Crippen molar-refractivity contribution in [2.45, 2.75) is 51.7 Å². The number of rotatable bonds is 5. The first kappa shape index (κ1) is 25.4. The first-order valence-corrected chi connectivity index (χ1v) is 11.4. The van der Waals surface area contributed by atoms with Crippen LogP contribution in [0.15, 0.2) is 12.7 Å².